The van der Waals surface area contributed by atoms with Crippen LogP contribution >= 0.6 is 0 Å². The molecule has 1 aromatic heterocycles. The van der Waals surface area contributed by atoms with E-state index in [0.717, 1.165) is 17.6 Å². The maximum Gasteiger partial charge on any atom is 0.196 e. The molecule has 0 radical (unpaired) electrons. The molecule has 0 bridgehead atoms. The van der Waals surface area contributed by atoms with Gasteiger partial charge in [-0.1, -0.05) is 160 Å². The lowest BCUT2D eigenvalue weighted by Gasteiger charge is -2.25. The highest BCUT2D eigenvalue weighted by molar-refractivity contribution is 5.88. The van der Waals surface area contributed by atoms with Crippen molar-refractivity contribution in [3.8, 4) is 0 Å². The summed E-state index contributed by atoms with van der Waals surface area (Å²) in [7, 11) is 6.74. The molecule has 3 aromatic rings. The van der Waals surface area contributed by atoms with Crippen LogP contribution in [0.2, 0.25) is 0 Å². The maximum absolute atomic E-state index is 2.70. The van der Waals surface area contributed by atoms with Crippen molar-refractivity contribution in [1.82, 2.24) is 0 Å². The SMILES string of the molecule is CCCCCCCCCCCCN(CCCCCCCCCCCC)c1ccc2cc(/C=C/c3cc[n+](CC[N+](C)(C)C)cc3)ccc2c1. The van der Waals surface area contributed by atoms with E-state index < -0.39 is 0 Å². The zero-order valence-electron chi connectivity index (χ0n) is 32.7. The number of quaternary nitrogens is 1. The molecule has 3 heteroatoms. The molecule has 3 rings (SSSR count). The number of hydrogen-bond donors (Lipinski definition) is 0. The fourth-order valence-electron chi connectivity index (χ4n) is 6.84. The lowest BCUT2D eigenvalue weighted by Crippen LogP contribution is -2.45. The molecule has 0 saturated heterocycles. The minimum atomic E-state index is 0.981. The highest BCUT2D eigenvalue weighted by atomic mass is 15.3. The van der Waals surface area contributed by atoms with Gasteiger partial charge in [0.2, 0.25) is 0 Å². The average molecular weight is 670 g/mol. The first-order valence-corrected chi connectivity index (χ1v) is 20.6. The smallest absolute Gasteiger partial charge is 0.196 e. The molecular weight excluding hydrogens is 595 g/mol. The Hall–Kier alpha value is -2.65. The molecule has 0 aliphatic carbocycles. The predicted octanol–water partition coefficient (Wildman–Crippen LogP) is 12.7. The average Bonchev–Trinajstić information content (AvgIpc) is 3.10. The Morgan fingerprint density at radius 2 is 0.959 bits per heavy atom. The van der Waals surface area contributed by atoms with Gasteiger partial charge >= 0.3 is 0 Å². The Morgan fingerprint density at radius 3 is 1.47 bits per heavy atom. The zero-order chi connectivity index (χ0) is 35.0. The van der Waals surface area contributed by atoms with Crippen LogP contribution in [0.1, 0.15) is 153 Å². The van der Waals surface area contributed by atoms with Crippen molar-refractivity contribution in [2.75, 3.05) is 45.7 Å². The van der Waals surface area contributed by atoms with Gasteiger partial charge in [-0.25, -0.2) is 0 Å². The molecule has 0 amide bonds. The Labute approximate surface area is 303 Å². The number of aromatic nitrogens is 1. The van der Waals surface area contributed by atoms with Gasteiger partial charge in [-0.15, -0.1) is 0 Å². The number of rotatable bonds is 28. The van der Waals surface area contributed by atoms with Gasteiger partial charge in [-0.3, -0.25) is 0 Å². The molecule has 49 heavy (non-hydrogen) atoms. The van der Waals surface area contributed by atoms with E-state index in [4.69, 9.17) is 0 Å². The highest BCUT2D eigenvalue weighted by Gasteiger charge is 2.11. The summed E-state index contributed by atoms with van der Waals surface area (Å²) in [6, 6.07) is 18.6. The molecular formula is C46H75N3+2. The van der Waals surface area contributed by atoms with Crippen LogP contribution in [0.25, 0.3) is 22.9 Å². The summed E-state index contributed by atoms with van der Waals surface area (Å²) in [4.78, 5) is 2.70. The highest BCUT2D eigenvalue weighted by Crippen LogP contribution is 2.25. The van der Waals surface area contributed by atoms with E-state index in [2.05, 4.69) is 118 Å². The number of fused-ring (bicyclic) bond motifs is 1. The first-order chi connectivity index (χ1) is 23.9. The second kappa shape index (κ2) is 24.5. The molecule has 0 aliphatic rings. The van der Waals surface area contributed by atoms with Crippen molar-refractivity contribution in [2.24, 2.45) is 0 Å². The molecule has 1 heterocycles. The van der Waals surface area contributed by atoms with Crippen LogP contribution in [0.3, 0.4) is 0 Å². The Bertz CT molecular complexity index is 1260. The van der Waals surface area contributed by atoms with E-state index in [1.165, 1.54) is 169 Å². The molecule has 272 valence electrons. The molecule has 2 aromatic carbocycles. The van der Waals surface area contributed by atoms with E-state index in [9.17, 15) is 0 Å². The lowest BCUT2D eigenvalue weighted by atomic mass is 10.0. The van der Waals surface area contributed by atoms with E-state index in [1.54, 1.807) is 0 Å². The molecule has 0 unspecified atom stereocenters. The minimum Gasteiger partial charge on any atom is -0.372 e. The van der Waals surface area contributed by atoms with Crippen LogP contribution in [-0.2, 0) is 6.54 Å². The van der Waals surface area contributed by atoms with E-state index in [0.29, 0.717) is 0 Å². The largest absolute Gasteiger partial charge is 0.372 e. The van der Waals surface area contributed by atoms with Gasteiger partial charge < -0.3 is 9.38 Å². The standard InChI is InChI=1S/C46H75N3/c1-6-8-10-12-14-16-18-20-22-24-34-48(35-25-23-21-19-17-15-13-11-9-7-2)46-31-30-44-40-43(28-29-45(44)41-46)27-26-42-32-36-47(37-33-42)38-39-49(3,4)5/h26-33,36-37,40-41H,6-25,34-35,38-39H2,1-5H3/q+2. The van der Waals surface area contributed by atoms with E-state index >= 15 is 0 Å². The van der Waals surface area contributed by atoms with Gasteiger partial charge in [0.15, 0.2) is 18.9 Å². The summed E-state index contributed by atoms with van der Waals surface area (Å²) >= 11 is 0. The fraction of sp³-hybridized carbons (Fsp3) is 0.630. The molecule has 0 aliphatic heterocycles. The van der Waals surface area contributed by atoms with Gasteiger partial charge in [0.05, 0.1) is 21.1 Å². The number of pyridine rings is 1. The van der Waals surface area contributed by atoms with Crippen molar-refractivity contribution in [3.05, 3.63) is 72.1 Å². The van der Waals surface area contributed by atoms with Crippen molar-refractivity contribution in [1.29, 1.82) is 0 Å². The van der Waals surface area contributed by atoms with Crippen LogP contribution in [0.5, 0.6) is 0 Å². The van der Waals surface area contributed by atoms with Crippen LogP contribution in [0.4, 0.5) is 5.69 Å². The minimum absolute atomic E-state index is 0.981. The third kappa shape index (κ3) is 18.2. The summed E-state index contributed by atoms with van der Waals surface area (Å²) in [5.74, 6) is 0. The number of hydrogen-bond acceptors (Lipinski definition) is 1. The van der Waals surface area contributed by atoms with Gasteiger partial charge in [-0.05, 0) is 52.9 Å². The lowest BCUT2D eigenvalue weighted by molar-refractivity contribution is -0.892. The van der Waals surface area contributed by atoms with Gasteiger partial charge in [0, 0.05) is 30.9 Å². The topological polar surface area (TPSA) is 7.12 Å². The van der Waals surface area contributed by atoms with E-state index in [-0.39, 0.29) is 0 Å². The molecule has 3 nitrogen and oxygen atoms in total. The molecule has 0 saturated carbocycles. The summed E-state index contributed by atoms with van der Waals surface area (Å²) in [5, 5.41) is 2.68. The maximum atomic E-state index is 2.70. The van der Waals surface area contributed by atoms with Crippen LogP contribution in [0.15, 0.2) is 60.9 Å². The Balaban J connectivity index is 1.53. The number of unbranched alkanes of at least 4 members (excludes halogenated alkanes) is 18. The number of anilines is 1. The summed E-state index contributed by atoms with van der Waals surface area (Å²) in [5.41, 5.74) is 3.91. The zero-order valence-corrected chi connectivity index (χ0v) is 32.7. The number of benzene rings is 2. The number of nitrogens with zero attached hydrogens (tertiary/aromatic N) is 3. The first kappa shape index (κ1) is 40.8. The van der Waals surface area contributed by atoms with E-state index in [1.807, 2.05) is 0 Å². The quantitative estimate of drug-likeness (QED) is 0.0424. The Morgan fingerprint density at radius 1 is 0.510 bits per heavy atom. The predicted molar refractivity (Wildman–Crippen MR) is 218 cm³/mol. The molecule has 0 N–H and O–H groups in total. The summed E-state index contributed by atoms with van der Waals surface area (Å²) in [6.07, 6.45) is 36.8. The third-order valence-electron chi connectivity index (χ3n) is 10.2. The monoisotopic (exact) mass is 670 g/mol. The van der Waals surface area contributed by atoms with Crippen LogP contribution < -0.4 is 9.47 Å². The molecule has 0 atom stereocenters. The molecule has 0 spiro atoms. The first-order valence-electron chi connectivity index (χ1n) is 20.6. The second-order valence-electron chi connectivity index (χ2n) is 15.9. The van der Waals surface area contributed by atoms with Crippen molar-refractivity contribution >= 4 is 28.6 Å². The van der Waals surface area contributed by atoms with Crippen molar-refractivity contribution in [2.45, 2.75) is 149 Å². The van der Waals surface area contributed by atoms with Crippen LogP contribution in [0, 0.1) is 0 Å². The van der Waals surface area contributed by atoms with Gasteiger partial charge in [0.25, 0.3) is 0 Å². The van der Waals surface area contributed by atoms with Crippen LogP contribution in [-0.4, -0.2) is 45.3 Å². The normalized spacial score (nSPS) is 12.0. The summed E-state index contributed by atoms with van der Waals surface area (Å²) < 4.78 is 3.26. The van der Waals surface area contributed by atoms with Crippen molar-refractivity contribution < 1.29 is 9.05 Å². The van der Waals surface area contributed by atoms with Gasteiger partial charge in [-0.2, -0.15) is 4.57 Å². The second-order valence-corrected chi connectivity index (χ2v) is 15.9. The molecule has 0 fully saturated rings. The van der Waals surface area contributed by atoms with Crippen molar-refractivity contribution in [3.63, 3.8) is 0 Å². The summed E-state index contributed by atoms with van der Waals surface area (Å²) in [6.45, 7) is 9.15. The Kier molecular flexibility index (Phi) is 20.4. The van der Waals surface area contributed by atoms with Gasteiger partial charge in [0.1, 0.15) is 6.54 Å². The number of likely N-dealkylation sites (N-methyl/N-ethyl adjacent to an activating group) is 1. The third-order valence-corrected chi connectivity index (χ3v) is 10.2. The fourth-order valence-corrected chi connectivity index (χ4v) is 6.84.